The summed E-state index contributed by atoms with van der Waals surface area (Å²) >= 11 is 3.44. The fraction of sp³-hybridized carbons (Fsp3) is 0.318. The first-order chi connectivity index (χ1) is 12.9. The Bertz CT molecular complexity index is 821. The van der Waals surface area contributed by atoms with E-state index in [0.29, 0.717) is 12.8 Å². The number of halogens is 2. The van der Waals surface area contributed by atoms with Crippen LogP contribution in [0.25, 0.3) is 0 Å². The molecule has 0 bridgehead atoms. The molecule has 0 aromatic heterocycles. The van der Waals surface area contributed by atoms with Gasteiger partial charge in [-0.05, 0) is 49.2 Å². The first-order valence-corrected chi connectivity index (χ1v) is 9.79. The fourth-order valence-electron chi connectivity index (χ4n) is 3.87. The Kier molecular flexibility index (Phi) is 5.70. The minimum Gasteiger partial charge on any atom is -0.437 e. The number of rotatable bonds is 5. The van der Waals surface area contributed by atoms with E-state index >= 15 is 0 Å². The van der Waals surface area contributed by atoms with Crippen molar-refractivity contribution in [1.82, 2.24) is 4.90 Å². The molecule has 0 spiro atoms. The Morgan fingerprint density at radius 3 is 2.48 bits per heavy atom. The van der Waals surface area contributed by atoms with Crippen molar-refractivity contribution in [2.24, 2.45) is 0 Å². The van der Waals surface area contributed by atoms with Crippen molar-refractivity contribution < 1.29 is 13.9 Å². The molecule has 2 aromatic rings. The van der Waals surface area contributed by atoms with Crippen LogP contribution in [0.3, 0.4) is 0 Å². The van der Waals surface area contributed by atoms with Crippen LogP contribution in [-0.2, 0) is 10.3 Å². The second kappa shape index (κ2) is 7.85. The number of ether oxygens (including phenoxy) is 1. The van der Waals surface area contributed by atoms with Crippen LogP contribution in [0.5, 0.6) is 0 Å². The third-order valence-corrected chi connectivity index (χ3v) is 5.74. The topological polar surface area (TPSA) is 29.5 Å². The molecule has 0 aliphatic carbocycles. The number of carbonyl (C=O) groups excluding carboxylic acids is 1. The van der Waals surface area contributed by atoms with E-state index in [1.165, 1.54) is 12.1 Å². The maximum Gasteiger partial charge on any atom is 0.411 e. The van der Waals surface area contributed by atoms with Gasteiger partial charge in [0, 0.05) is 23.4 Å². The van der Waals surface area contributed by atoms with E-state index in [1.807, 2.05) is 38.1 Å². The highest BCUT2D eigenvalue weighted by Gasteiger charge is 2.46. The Balaban J connectivity index is 1.90. The lowest BCUT2D eigenvalue weighted by molar-refractivity contribution is -0.0785. The van der Waals surface area contributed by atoms with Crippen LogP contribution in [0.2, 0.25) is 0 Å². The van der Waals surface area contributed by atoms with Gasteiger partial charge in [-0.2, -0.15) is 0 Å². The van der Waals surface area contributed by atoms with Gasteiger partial charge in [-0.15, -0.1) is 6.58 Å². The molecule has 3 rings (SSSR count). The summed E-state index contributed by atoms with van der Waals surface area (Å²) in [5, 5.41) is 0. The lowest BCUT2D eigenvalue weighted by Gasteiger charge is -2.47. The number of carbonyl (C=O) groups is 1. The highest BCUT2D eigenvalue weighted by Crippen LogP contribution is 2.42. The molecule has 0 saturated carbocycles. The molecule has 0 radical (unpaired) electrons. The van der Waals surface area contributed by atoms with Crippen molar-refractivity contribution in [3.05, 3.63) is 82.6 Å². The Hall–Kier alpha value is -2.14. The average Bonchev–Trinajstić information content (AvgIpc) is 2.62. The summed E-state index contributed by atoms with van der Waals surface area (Å²) in [7, 11) is 0. The van der Waals surface area contributed by atoms with Crippen LogP contribution in [0, 0.1) is 5.82 Å². The van der Waals surface area contributed by atoms with Gasteiger partial charge in [0.05, 0.1) is 6.04 Å². The van der Waals surface area contributed by atoms with Gasteiger partial charge in [0.15, 0.2) is 0 Å². The van der Waals surface area contributed by atoms with Gasteiger partial charge in [0.1, 0.15) is 11.4 Å². The van der Waals surface area contributed by atoms with E-state index < -0.39 is 5.60 Å². The molecule has 142 valence electrons. The monoisotopic (exact) mass is 431 g/mol. The number of nitrogens with zero attached hydrogens (tertiary/aromatic N) is 1. The smallest absolute Gasteiger partial charge is 0.411 e. The molecule has 1 aliphatic heterocycles. The van der Waals surface area contributed by atoms with Crippen molar-refractivity contribution in [3.63, 3.8) is 0 Å². The molecule has 1 fully saturated rings. The zero-order chi connectivity index (χ0) is 19.6. The highest BCUT2D eigenvalue weighted by atomic mass is 79.9. The lowest BCUT2D eigenvalue weighted by Crippen LogP contribution is -2.53. The van der Waals surface area contributed by atoms with E-state index in [4.69, 9.17) is 4.74 Å². The molecule has 1 amide bonds. The summed E-state index contributed by atoms with van der Waals surface area (Å²) < 4.78 is 20.3. The van der Waals surface area contributed by atoms with Gasteiger partial charge in [-0.1, -0.05) is 46.3 Å². The molecule has 2 aromatic carbocycles. The van der Waals surface area contributed by atoms with Gasteiger partial charge >= 0.3 is 6.09 Å². The van der Waals surface area contributed by atoms with Crippen LogP contribution >= 0.6 is 15.9 Å². The number of benzene rings is 2. The molecule has 3 atom stereocenters. The van der Waals surface area contributed by atoms with Gasteiger partial charge in [0.25, 0.3) is 0 Å². The van der Waals surface area contributed by atoms with Crippen molar-refractivity contribution in [1.29, 1.82) is 0 Å². The third kappa shape index (κ3) is 3.93. The maximum atomic E-state index is 13.4. The Labute approximate surface area is 168 Å². The summed E-state index contributed by atoms with van der Waals surface area (Å²) in [4.78, 5) is 14.8. The third-order valence-electron chi connectivity index (χ3n) is 5.21. The van der Waals surface area contributed by atoms with Crippen molar-refractivity contribution in [3.8, 4) is 0 Å². The summed E-state index contributed by atoms with van der Waals surface area (Å²) in [6, 6.07) is 13.9. The Morgan fingerprint density at radius 2 is 1.93 bits per heavy atom. The van der Waals surface area contributed by atoms with Crippen LogP contribution < -0.4 is 0 Å². The van der Waals surface area contributed by atoms with E-state index in [-0.39, 0.29) is 24.0 Å². The molecule has 1 heterocycles. The fourth-order valence-corrected chi connectivity index (χ4v) is 4.13. The zero-order valence-corrected chi connectivity index (χ0v) is 17.1. The van der Waals surface area contributed by atoms with E-state index in [9.17, 15) is 9.18 Å². The standard InChI is InChI=1S/C22H23BrFNO2/c1-4-13-22(18-7-11-20(24)12-8-18)14-15(2)25(21(26)27-22)16(3)17-5-9-19(23)10-6-17/h4-12,15-16H,1,13-14H2,2-3H3. The van der Waals surface area contributed by atoms with E-state index in [2.05, 4.69) is 22.5 Å². The molecule has 0 N–H and O–H groups in total. The minimum absolute atomic E-state index is 0.0464. The first kappa shape index (κ1) is 19.6. The van der Waals surface area contributed by atoms with Crippen molar-refractivity contribution in [2.75, 3.05) is 0 Å². The molecular formula is C22H23BrFNO2. The van der Waals surface area contributed by atoms with E-state index in [0.717, 1.165) is 15.6 Å². The SMILES string of the molecule is C=CCC1(c2ccc(F)cc2)CC(C)N(C(C)c2ccc(Br)cc2)C(=O)O1. The van der Waals surface area contributed by atoms with Gasteiger partial charge < -0.3 is 4.74 Å². The number of hydrogen-bond donors (Lipinski definition) is 0. The molecule has 27 heavy (non-hydrogen) atoms. The molecule has 3 unspecified atom stereocenters. The van der Waals surface area contributed by atoms with Gasteiger partial charge in [-0.25, -0.2) is 9.18 Å². The predicted octanol–water partition coefficient (Wildman–Crippen LogP) is 6.35. The second-order valence-electron chi connectivity index (χ2n) is 7.05. The van der Waals surface area contributed by atoms with Crippen molar-refractivity contribution >= 4 is 22.0 Å². The van der Waals surface area contributed by atoms with Crippen LogP contribution in [0.15, 0.2) is 65.7 Å². The minimum atomic E-state index is -0.818. The quantitative estimate of drug-likeness (QED) is 0.515. The highest BCUT2D eigenvalue weighted by molar-refractivity contribution is 9.10. The summed E-state index contributed by atoms with van der Waals surface area (Å²) in [5.41, 5.74) is 1.02. The number of amides is 1. The summed E-state index contributed by atoms with van der Waals surface area (Å²) in [6.45, 7) is 7.84. The summed E-state index contributed by atoms with van der Waals surface area (Å²) in [6.07, 6.45) is 2.47. The lowest BCUT2D eigenvalue weighted by atomic mass is 9.82. The van der Waals surface area contributed by atoms with E-state index in [1.54, 1.807) is 23.1 Å². The average molecular weight is 432 g/mol. The number of cyclic esters (lactones) is 1. The predicted molar refractivity (Wildman–Crippen MR) is 108 cm³/mol. The Morgan fingerprint density at radius 1 is 1.30 bits per heavy atom. The maximum absolute atomic E-state index is 13.4. The normalized spacial score (nSPS) is 23.6. The molecular weight excluding hydrogens is 409 g/mol. The van der Waals surface area contributed by atoms with Crippen LogP contribution in [0.4, 0.5) is 9.18 Å². The molecule has 3 nitrogen and oxygen atoms in total. The molecule has 1 saturated heterocycles. The van der Waals surface area contributed by atoms with Crippen LogP contribution in [0.1, 0.15) is 43.9 Å². The number of hydrogen-bond acceptors (Lipinski definition) is 2. The summed E-state index contributed by atoms with van der Waals surface area (Å²) in [5.74, 6) is -0.312. The first-order valence-electron chi connectivity index (χ1n) is 9.00. The van der Waals surface area contributed by atoms with Crippen molar-refractivity contribution in [2.45, 2.75) is 44.4 Å². The molecule has 5 heteroatoms. The van der Waals surface area contributed by atoms with Gasteiger partial charge in [-0.3, -0.25) is 4.90 Å². The zero-order valence-electron chi connectivity index (χ0n) is 15.5. The largest absolute Gasteiger partial charge is 0.437 e. The van der Waals surface area contributed by atoms with Crippen LogP contribution in [-0.4, -0.2) is 17.0 Å². The molecule has 1 aliphatic rings. The van der Waals surface area contributed by atoms with Gasteiger partial charge in [0.2, 0.25) is 0 Å². The second-order valence-corrected chi connectivity index (χ2v) is 7.97.